The molecule has 1 aromatic rings. The molecule has 0 spiro atoms. The van der Waals surface area contributed by atoms with E-state index in [-0.39, 0.29) is 11.8 Å². The number of nitrogens with zero attached hydrogens (tertiary/aromatic N) is 1. The van der Waals surface area contributed by atoms with Crippen molar-refractivity contribution in [3.05, 3.63) is 35.4 Å². The lowest BCUT2D eigenvalue weighted by Crippen LogP contribution is -2.55. The quantitative estimate of drug-likeness (QED) is 0.843. The summed E-state index contributed by atoms with van der Waals surface area (Å²) in [4.78, 5) is 24.7. The average Bonchev–Trinajstić information content (AvgIpc) is 2.48. The van der Waals surface area contributed by atoms with E-state index in [1.807, 2.05) is 39.8 Å². The average molecular weight is 304 g/mol. The number of carbonyl (C=O) groups is 2. The molecule has 122 valence electrons. The van der Waals surface area contributed by atoms with Crippen LogP contribution in [0.1, 0.15) is 69.8 Å². The molecule has 1 aromatic carbocycles. The zero-order valence-corrected chi connectivity index (χ0v) is 14.4. The highest BCUT2D eigenvalue weighted by atomic mass is 16.2. The van der Waals surface area contributed by atoms with Crippen LogP contribution in [-0.2, 0) is 11.2 Å². The van der Waals surface area contributed by atoms with Gasteiger partial charge in [0.2, 0.25) is 5.91 Å². The van der Waals surface area contributed by atoms with Gasteiger partial charge >= 0.3 is 0 Å². The minimum Gasteiger partial charge on any atom is -0.273 e. The first kappa shape index (κ1) is 18.2. The first-order valence-corrected chi connectivity index (χ1v) is 8.02. The maximum absolute atomic E-state index is 12.4. The molecular formula is C18H28N2O2. The lowest BCUT2D eigenvalue weighted by Gasteiger charge is -2.35. The molecule has 1 rings (SSSR count). The molecule has 4 nitrogen and oxygen atoms in total. The second kappa shape index (κ2) is 7.97. The molecule has 0 aliphatic rings. The van der Waals surface area contributed by atoms with E-state index < -0.39 is 5.54 Å². The second-order valence-corrected chi connectivity index (χ2v) is 6.49. The van der Waals surface area contributed by atoms with Crippen LogP contribution in [0.3, 0.4) is 0 Å². The van der Waals surface area contributed by atoms with Gasteiger partial charge in [-0.05, 0) is 51.3 Å². The Kier molecular flexibility index (Phi) is 6.60. The number of aryl methyl sites for hydroxylation is 1. The third kappa shape index (κ3) is 5.17. The lowest BCUT2D eigenvalue weighted by atomic mass is 10.1. The second-order valence-electron chi connectivity index (χ2n) is 6.49. The van der Waals surface area contributed by atoms with Crippen LogP contribution in [0.25, 0.3) is 0 Å². The molecule has 0 aliphatic carbocycles. The van der Waals surface area contributed by atoms with Gasteiger partial charge in [-0.15, -0.1) is 0 Å². The molecule has 0 aromatic heterocycles. The van der Waals surface area contributed by atoms with Crippen LogP contribution in [0.15, 0.2) is 24.3 Å². The molecule has 0 saturated heterocycles. The van der Waals surface area contributed by atoms with Crippen molar-refractivity contribution in [1.29, 1.82) is 0 Å². The van der Waals surface area contributed by atoms with E-state index in [0.29, 0.717) is 12.0 Å². The van der Waals surface area contributed by atoms with Gasteiger partial charge in [-0.25, -0.2) is 5.01 Å². The molecule has 0 bridgehead atoms. The Hall–Kier alpha value is -1.84. The van der Waals surface area contributed by atoms with E-state index >= 15 is 0 Å². The largest absolute Gasteiger partial charge is 0.273 e. The van der Waals surface area contributed by atoms with E-state index in [4.69, 9.17) is 0 Å². The molecule has 1 N–H and O–H groups in total. The third-order valence-corrected chi connectivity index (χ3v) is 3.50. The van der Waals surface area contributed by atoms with Crippen LogP contribution in [-0.4, -0.2) is 22.4 Å². The van der Waals surface area contributed by atoms with Crippen LogP contribution >= 0.6 is 0 Å². The highest BCUT2D eigenvalue weighted by Crippen LogP contribution is 2.14. The predicted molar refractivity (Wildman–Crippen MR) is 89.4 cm³/mol. The SMILES string of the molecule is CCCCC(=O)N(NC(=O)c1ccc(CC)cc1)C(C)(C)C. The van der Waals surface area contributed by atoms with Gasteiger partial charge in [0.25, 0.3) is 5.91 Å². The van der Waals surface area contributed by atoms with Crippen molar-refractivity contribution in [2.75, 3.05) is 0 Å². The summed E-state index contributed by atoms with van der Waals surface area (Å²) in [6.07, 6.45) is 3.16. The fourth-order valence-electron chi connectivity index (χ4n) is 2.10. The molecule has 0 unspecified atom stereocenters. The summed E-state index contributed by atoms with van der Waals surface area (Å²) in [7, 11) is 0. The van der Waals surface area contributed by atoms with Crippen LogP contribution in [0.5, 0.6) is 0 Å². The zero-order chi connectivity index (χ0) is 16.8. The monoisotopic (exact) mass is 304 g/mol. The number of hydrogen-bond donors (Lipinski definition) is 1. The molecule has 0 aliphatic heterocycles. The number of unbranched alkanes of at least 4 members (excludes halogenated alkanes) is 1. The van der Waals surface area contributed by atoms with Gasteiger partial charge in [-0.1, -0.05) is 32.4 Å². The molecule has 0 radical (unpaired) electrons. The maximum atomic E-state index is 12.4. The van der Waals surface area contributed by atoms with Gasteiger partial charge in [-0.2, -0.15) is 0 Å². The third-order valence-electron chi connectivity index (χ3n) is 3.50. The minimum atomic E-state index is -0.455. The van der Waals surface area contributed by atoms with Gasteiger partial charge in [0.1, 0.15) is 0 Å². The summed E-state index contributed by atoms with van der Waals surface area (Å²) >= 11 is 0. The first-order chi connectivity index (χ1) is 10.3. The van der Waals surface area contributed by atoms with Gasteiger partial charge < -0.3 is 0 Å². The van der Waals surface area contributed by atoms with Crippen LogP contribution in [0.4, 0.5) is 0 Å². The van der Waals surface area contributed by atoms with Crippen molar-refractivity contribution in [3.63, 3.8) is 0 Å². The van der Waals surface area contributed by atoms with Gasteiger partial charge in [0.15, 0.2) is 0 Å². The van der Waals surface area contributed by atoms with Crippen molar-refractivity contribution in [3.8, 4) is 0 Å². The van der Waals surface area contributed by atoms with Crippen LogP contribution in [0.2, 0.25) is 0 Å². The standard InChI is InChI=1S/C18H28N2O2/c1-6-8-9-16(21)20(18(3,4)5)19-17(22)15-12-10-14(7-2)11-13-15/h10-13H,6-9H2,1-5H3,(H,19,22). The van der Waals surface area contributed by atoms with Crippen LogP contribution < -0.4 is 5.43 Å². The Bertz CT molecular complexity index is 501. The van der Waals surface area contributed by atoms with E-state index in [0.717, 1.165) is 19.3 Å². The number of benzene rings is 1. The van der Waals surface area contributed by atoms with E-state index in [2.05, 4.69) is 12.3 Å². The fourth-order valence-corrected chi connectivity index (χ4v) is 2.10. The molecule has 4 heteroatoms. The Labute approximate surface area is 133 Å². The van der Waals surface area contributed by atoms with E-state index in [1.165, 1.54) is 10.6 Å². The number of hydrogen-bond acceptors (Lipinski definition) is 2. The van der Waals surface area contributed by atoms with E-state index in [1.54, 1.807) is 12.1 Å². The highest BCUT2D eigenvalue weighted by molar-refractivity contribution is 5.95. The minimum absolute atomic E-state index is 0.0483. The van der Waals surface area contributed by atoms with Gasteiger partial charge in [-0.3, -0.25) is 15.0 Å². The Morgan fingerprint density at radius 2 is 1.68 bits per heavy atom. The van der Waals surface area contributed by atoms with Crippen molar-refractivity contribution in [2.45, 2.75) is 65.8 Å². The summed E-state index contributed by atoms with van der Waals surface area (Å²) in [6.45, 7) is 9.86. The normalized spacial score (nSPS) is 11.1. The summed E-state index contributed by atoms with van der Waals surface area (Å²) in [5.41, 5.74) is 4.06. The van der Waals surface area contributed by atoms with Crippen molar-refractivity contribution in [2.24, 2.45) is 0 Å². The molecule has 0 atom stereocenters. The number of amides is 2. The summed E-state index contributed by atoms with van der Waals surface area (Å²) in [5, 5.41) is 1.46. The van der Waals surface area contributed by atoms with Crippen LogP contribution in [0, 0.1) is 0 Å². The van der Waals surface area contributed by atoms with Crippen molar-refractivity contribution >= 4 is 11.8 Å². The maximum Gasteiger partial charge on any atom is 0.269 e. The molecular weight excluding hydrogens is 276 g/mol. The smallest absolute Gasteiger partial charge is 0.269 e. The number of hydrazine groups is 1. The topological polar surface area (TPSA) is 49.4 Å². The van der Waals surface area contributed by atoms with Gasteiger partial charge in [0.05, 0.1) is 5.54 Å². The van der Waals surface area contributed by atoms with Crippen molar-refractivity contribution < 1.29 is 9.59 Å². The Morgan fingerprint density at radius 3 is 2.14 bits per heavy atom. The fraction of sp³-hybridized carbons (Fsp3) is 0.556. The highest BCUT2D eigenvalue weighted by Gasteiger charge is 2.28. The molecule has 0 fully saturated rings. The number of rotatable bonds is 5. The lowest BCUT2D eigenvalue weighted by molar-refractivity contribution is -0.139. The first-order valence-electron chi connectivity index (χ1n) is 8.02. The van der Waals surface area contributed by atoms with Crippen molar-refractivity contribution in [1.82, 2.24) is 10.4 Å². The molecule has 0 heterocycles. The Balaban J connectivity index is 2.84. The number of nitrogens with one attached hydrogen (secondary N) is 1. The van der Waals surface area contributed by atoms with E-state index in [9.17, 15) is 9.59 Å². The Morgan fingerprint density at radius 1 is 1.09 bits per heavy atom. The molecule has 0 saturated carbocycles. The summed E-state index contributed by atoms with van der Waals surface area (Å²) in [5.74, 6) is -0.296. The zero-order valence-electron chi connectivity index (χ0n) is 14.4. The predicted octanol–water partition coefficient (Wildman–Crippen LogP) is 3.71. The summed E-state index contributed by atoms with van der Waals surface area (Å²) < 4.78 is 0. The number of carbonyl (C=O) groups excluding carboxylic acids is 2. The molecule has 22 heavy (non-hydrogen) atoms. The summed E-state index contributed by atoms with van der Waals surface area (Å²) in [6, 6.07) is 7.47. The molecule has 2 amide bonds. The van der Waals surface area contributed by atoms with Gasteiger partial charge in [0, 0.05) is 12.0 Å².